The molecule has 0 radical (unpaired) electrons. The lowest BCUT2D eigenvalue weighted by atomic mass is 10.1. The zero-order valence-electron chi connectivity index (χ0n) is 20.2. The summed E-state index contributed by atoms with van der Waals surface area (Å²) in [6.45, 7) is 1.76. The molecule has 3 atom stereocenters. The quantitative estimate of drug-likeness (QED) is 0.536. The van der Waals surface area contributed by atoms with Gasteiger partial charge in [0.05, 0.1) is 12.8 Å². The highest BCUT2D eigenvalue weighted by Crippen LogP contribution is 2.34. The first-order chi connectivity index (χ1) is 17.6. The van der Waals surface area contributed by atoms with Crippen molar-refractivity contribution in [2.24, 2.45) is 10.9 Å². The van der Waals surface area contributed by atoms with E-state index in [0.717, 1.165) is 42.9 Å². The zero-order valence-corrected chi connectivity index (χ0v) is 21.0. The summed E-state index contributed by atoms with van der Waals surface area (Å²) in [5, 5.41) is 11.0. The number of hydrogen-bond donors (Lipinski definition) is 1. The Kier molecular flexibility index (Phi) is 7.13. The van der Waals surface area contributed by atoms with Gasteiger partial charge in [-0.2, -0.15) is 0 Å². The molecule has 0 bridgehead atoms. The molecule has 2 aromatic rings. The second kappa shape index (κ2) is 10.3. The Balaban J connectivity index is 1.42. The summed E-state index contributed by atoms with van der Waals surface area (Å²) in [6.07, 6.45) is -1.03. The van der Waals surface area contributed by atoms with Crippen molar-refractivity contribution >= 4 is 17.4 Å². The van der Waals surface area contributed by atoms with E-state index in [2.05, 4.69) is 9.64 Å². The van der Waals surface area contributed by atoms with Gasteiger partial charge in [-0.05, 0) is 42.7 Å². The van der Waals surface area contributed by atoms with Gasteiger partial charge in [0, 0.05) is 43.3 Å². The van der Waals surface area contributed by atoms with Crippen molar-refractivity contribution in [2.45, 2.75) is 44.6 Å². The maximum absolute atomic E-state index is 12.7. The van der Waals surface area contributed by atoms with E-state index in [-0.39, 0.29) is 23.5 Å². The zero-order chi connectivity index (χ0) is 26.2. The predicted octanol–water partition coefficient (Wildman–Crippen LogP) is 5.02. The first kappa shape index (κ1) is 25.5. The minimum absolute atomic E-state index is 0.199. The lowest BCUT2D eigenvalue weighted by molar-refractivity contribution is -0.274. The number of nitrogens with zero attached hydrogens (tertiary/aromatic N) is 4. The third kappa shape index (κ3) is 6.07. The maximum atomic E-state index is 12.7. The van der Waals surface area contributed by atoms with Crippen LogP contribution in [0.2, 0.25) is 5.02 Å². The molecule has 3 unspecified atom stereocenters. The monoisotopic (exact) mass is 536 g/mol. The van der Waals surface area contributed by atoms with Gasteiger partial charge in [0.1, 0.15) is 17.2 Å². The van der Waals surface area contributed by atoms with Gasteiger partial charge in [0.15, 0.2) is 5.84 Å². The number of rotatable bonds is 7. The van der Waals surface area contributed by atoms with E-state index in [9.17, 15) is 18.3 Å². The minimum Gasteiger partial charge on any atom is -0.450 e. The van der Waals surface area contributed by atoms with Crippen LogP contribution in [0, 0.1) is 5.92 Å². The number of benzene rings is 2. The van der Waals surface area contributed by atoms with E-state index in [1.807, 2.05) is 35.2 Å². The number of aliphatic imine (C=N–C) groups is 1. The minimum atomic E-state index is -4.80. The molecule has 0 spiro atoms. The molecule has 2 heterocycles. The fourth-order valence-corrected chi connectivity index (χ4v) is 5.14. The van der Waals surface area contributed by atoms with Gasteiger partial charge < -0.3 is 29.3 Å². The van der Waals surface area contributed by atoms with E-state index >= 15 is 0 Å². The highest BCUT2D eigenvalue weighted by molar-refractivity contribution is 6.30. The van der Waals surface area contributed by atoms with Crippen LogP contribution in [0.3, 0.4) is 0 Å². The highest BCUT2D eigenvalue weighted by atomic mass is 35.5. The number of hydrogen-bond acceptors (Lipinski definition) is 7. The lowest BCUT2D eigenvalue weighted by Crippen LogP contribution is -2.46. The second-order valence-corrected chi connectivity index (χ2v) is 9.99. The normalized spacial score (nSPS) is 23.6. The van der Waals surface area contributed by atoms with E-state index in [4.69, 9.17) is 21.3 Å². The van der Waals surface area contributed by atoms with Crippen LogP contribution in [0.15, 0.2) is 65.4 Å². The van der Waals surface area contributed by atoms with Gasteiger partial charge in [-0.15, -0.1) is 13.2 Å². The third-order valence-electron chi connectivity index (χ3n) is 6.73. The van der Waals surface area contributed by atoms with E-state index in [1.165, 1.54) is 18.2 Å². The summed E-state index contributed by atoms with van der Waals surface area (Å²) in [6, 6.07) is 12.9. The van der Waals surface area contributed by atoms with Gasteiger partial charge in [-0.3, -0.25) is 0 Å². The first-order valence-electron chi connectivity index (χ1n) is 12.1. The average molecular weight is 537 g/mol. The van der Waals surface area contributed by atoms with Crippen molar-refractivity contribution in [3.05, 3.63) is 71.0 Å². The Morgan fingerprint density at radius 3 is 2.57 bits per heavy atom. The summed E-state index contributed by atoms with van der Waals surface area (Å²) in [5.74, 6) is 0.767. The Morgan fingerprint density at radius 2 is 1.86 bits per heavy atom. The smallest absolute Gasteiger partial charge is 0.450 e. The number of amidine groups is 1. The molecule has 1 fully saturated rings. The molecule has 0 amide bonds. The van der Waals surface area contributed by atoms with Gasteiger partial charge >= 0.3 is 6.36 Å². The number of likely N-dealkylation sites (N-methyl/N-ethyl adjacent to an activating group) is 1. The lowest BCUT2D eigenvalue weighted by Gasteiger charge is -2.37. The summed E-state index contributed by atoms with van der Waals surface area (Å²) in [5.41, 5.74) is 1.80. The highest BCUT2D eigenvalue weighted by Gasteiger charge is 2.38. The van der Waals surface area contributed by atoms with Gasteiger partial charge in [0.2, 0.25) is 0 Å². The average Bonchev–Trinajstić information content (AvgIpc) is 3.38. The number of aliphatic hydroxyl groups is 1. The second-order valence-electron chi connectivity index (χ2n) is 9.56. The molecule has 7 nitrogen and oxygen atoms in total. The van der Waals surface area contributed by atoms with Crippen molar-refractivity contribution < 1.29 is 27.8 Å². The van der Waals surface area contributed by atoms with Crippen LogP contribution in [-0.2, 0) is 6.54 Å². The van der Waals surface area contributed by atoms with Crippen LogP contribution in [0.4, 0.5) is 13.2 Å². The van der Waals surface area contributed by atoms with Crippen molar-refractivity contribution in [3.63, 3.8) is 0 Å². The molecule has 1 saturated carbocycles. The van der Waals surface area contributed by atoms with Crippen LogP contribution in [0.25, 0.3) is 0 Å². The molecule has 5 rings (SSSR count). The Hall–Kier alpha value is -3.11. The van der Waals surface area contributed by atoms with E-state index < -0.39 is 12.7 Å². The molecule has 2 aliphatic heterocycles. The standard InChI is InChI=1S/C26H28ClF3N4O3/c1-32-16-33(14-18-4-2-7-23(18)35)15-22-24(32)31-25(34(22)13-17-8-10-19(27)11-9-17)36-20-5-3-6-21(12-20)37-26(28,29)30/h3,5-6,8-12,15,18,23,25,35H,2,4,7,13-14,16H2,1H3. The van der Waals surface area contributed by atoms with Crippen LogP contribution in [0.1, 0.15) is 24.8 Å². The molecular formula is C26H28ClF3N4O3. The number of alkyl halides is 3. The number of aliphatic hydroxyl groups excluding tert-OH is 1. The number of halogens is 4. The number of ether oxygens (including phenoxy) is 2. The molecule has 1 aliphatic carbocycles. The maximum Gasteiger partial charge on any atom is 0.573 e. The topological polar surface area (TPSA) is 60.8 Å². The predicted molar refractivity (Wildman–Crippen MR) is 133 cm³/mol. The molecule has 198 valence electrons. The fourth-order valence-electron chi connectivity index (χ4n) is 5.02. The van der Waals surface area contributed by atoms with Crippen molar-refractivity contribution in [1.29, 1.82) is 0 Å². The van der Waals surface area contributed by atoms with Crippen molar-refractivity contribution in [3.8, 4) is 11.5 Å². The van der Waals surface area contributed by atoms with Crippen LogP contribution >= 0.6 is 11.6 Å². The molecule has 11 heteroatoms. The van der Waals surface area contributed by atoms with Crippen LogP contribution in [0.5, 0.6) is 11.5 Å². The first-order valence-corrected chi connectivity index (χ1v) is 12.5. The van der Waals surface area contributed by atoms with Crippen LogP contribution < -0.4 is 9.47 Å². The molecule has 2 aromatic carbocycles. The molecule has 3 aliphatic rings. The van der Waals surface area contributed by atoms with Gasteiger partial charge in [-0.25, -0.2) is 4.99 Å². The van der Waals surface area contributed by atoms with Gasteiger partial charge in [-0.1, -0.05) is 36.2 Å². The summed E-state index contributed by atoms with van der Waals surface area (Å²) >= 11 is 6.07. The van der Waals surface area contributed by atoms with Crippen LogP contribution in [-0.4, -0.2) is 64.7 Å². The van der Waals surface area contributed by atoms with Crippen molar-refractivity contribution in [1.82, 2.24) is 14.7 Å². The molecule has 0 aromatic heterocycles. The molecule has 0 saturated heterocycles. The summed E-state index contributed by atoms with van der Waals surface area (Å²) in [7, 11) is 1.94. The number of fused-ring (bicyclic) bond motifs is 1. The van der Waals surface area contributed by atoms with Gasteiger partial charge in [0.25, 0.3) is 6.35 Å². The Bertz CT molecular complexity index is 1170. The molecule has 1 N–H and O–H groups in total. The Labute approximate surface area is 218 Å². The van der Waals surface area contributed by atoms with E-state index in [0.29, 0.717) is 18.2 Å². The molecular weight excluding hydrogens is 509 g/mol. The molecule has 37 heavy (non-hydrogen) atoms. The van der Waals surface area contributed by atoms with E-state index in [1.54, 1.807) is 18.2 Å². The third-order valence-corrected chi connectivity index (χ3v) is 6.98. The summed E-state index contributed by atoms with van der Waals surface area (Å²) < 4.78 is 48.3. The van der Waals surface area contributed by atoms with Crippen molar-refractivity contribution in [2.75, 3.05) is 20.3 Å². The largest absolute Gasteiger partial charge is 0.573 e. The fraction of sp³-hybridized carbons (Fsp3) is 0.423. The Morgan fingerprint density at radius 1 is 1.11 bits per heavy atom. The SMILES string of the molecule is CN1CN(CC2CCCC2O)C=C2C1=NC(Oc1cccc(OC(F)(F)F)c1)N2Cc1ccc(Cl)cc1. The summed E-state index contributed by atoms with van der Waals surface area (Å²) in [4.78, 5) is 10.9.